The number of amides is 1. The van der Waals surface area contributed by atoms with Crippen molar-refractivity contribution in [2.45, 2.75) is 4.90 Å². The summed E-state index contributed by atoms with van der Waals surface area (Å²) in [7, 11) is -3.94. The van der Waals surface area contributed by atoms with E-state index in [0.29, 0.717) is 10.1 Å². The first-order valence-corrected chi connectivity index (χ1v) is 11.7. The second kappa shape index (κ2) is 8.15. The molecular weight excluding hydrogens is 469 g/mol. The maximum absolute atomic E-state index is 13.5. The van der Waals surface area contributed by atoms with Gasteiger partial charge in [-0.1, -0.05) is 17.7 Å². The average molecular weight is 484 g/mol. The predicted molar refractivity (Wildman–Crippen MR) is 115 cm³/mol. The second-order valence-corrected chi connectivity index (χ2v) is 10.2. The van der Waals surface area contributed by atoms with Crippen molar-refractivity contribution in [1.29, 1.82) is 0 Å². The summed E-state index contributed by atoms with van der Waals surface area (Å²) in [5.74, 6) is -0.775. The number of carbonyl (C=O) groups is 1. The number of nitro groups is 1. The Morgan fingerprint density at radius 2 is 1.84 bits per heavy atom. The molecule has 1 fully saturated rings. The summed E-state index contributed by atoms with van der Waals surface area (Å²) in [5, 5.41) is 11.8. The molecule has 31 heavy (non-hydrogen) atoms. The van der Waals surface area contributed by atoms with Crippen molar-refractivity contribution >= 4 is 54.6 Å². The van der Waals surface area contributed by atoms with Crippen LogP contribution in [-0.4, -0.2) is 54.6 Å². The molecule has 0 spiro atoms. The molecule has 1 aliphatic rings. The Morgan fingerprint density at radius 1 is 1.13 bits per heavy atom. The van der Waals surface area contributed by atoms with Crippen LogP contribution in [-0.2, 0) is 10.0 Å². The van der Waals surface area contributed by atoms with E-state index in [4.69, 9.17) is 11.6 Å². The number of piperazine rings is 1. The summed E-state index contributed by atoms with van der Waals surface area (Å²) < 4.78 is 40.9. The molecule has 2 heterocycles. The quantitative estimate of drug-likeness (QED) is 0.415. The topological polar surface area (TPSA) is 101 Å². The van der Waals surface area contributed by atoms with E-state index in [-0.39, 0.29) is 52.6 Å². The molecule has 0 radical (unpaired) electrons. The molecule has 3 aromatic rings. The van der Waals surface area contributed by atoms with Gasteiger partial charge >= 0.3 is 0 Å². The Morgan fingerprint density at radius 3 is 2.52 bits per heavy atom. The third-order valence-electron chi connectivity index (χ3n) is 4.98. The fourth-order valence-electron chi connectivity index (χ4n) is 3.36. The fourth-order valence-corrected chi connectivity index (χ4v) is 6.33. The van der Waals surface area contributed by atoms with Crippen molar-refractivity contribution in [3.05, 3.63) is 68.3 Å². The van der Waals surface area contributed by atoms with Crippen LogP contribution in [0.15, 0.2) is 47.4 Å². The van der Waals surface area contributed by atoms with Gasteiger partial charge in [0.05, 0.1) is 14.8 Å². The van der Waals surface area contributed by atoms with Crippen molar-refractivity contribution in [3.63, 3.8) is 0 Å². The Labute approximate surface area is 185 Å². The summed E-state index contributed by atoms with van der Waals surface area (Å²) in [5.41, 5.74) is -0.314. The molecule has 0 bridgehead atoms. The van der Waals surface area contributed by atoms with Gasteiger partial charge in [0, 0.05) is 48.4 Å². The minimum absolute atomic E-state index is 0.0356. The van der Waals surface area contributed by atoms with Crippen LogP contribution in [0, 0.1) is 15.9 Å². The van der Waals surface area contributed by atoms with E-state index in [1.54, 1.807) is 0 Å². The summed E-state index contributed by atoms with van der Waals surface area (Å²) in [4.78, 5) is 24.8. The summed E-state index contributed by atoms with van der Waals surface area (Å²) >= 11 is 7.41. The molecule has 162 valence electrons. The number of carbonyl (C=O) groups excluding carboxylic acids is 1. The molecular formula is C19H15ClFN3O5S2. The zero-order valence-electron chi connectivity index (χ0n) is 15.8. The number of rotatable bonds is 4. The minimum atomic E-state index is -3.94. The van der Waals surface area contributed by atoms with Gasteiger partial charge in [0.25, 0.3) is 11.6 Å². The van der Waals surface area contributed by atoms with E-state index in [9.17, 15) is 27.7 Å². The van der Waals surface area contributed by atoms with Crippen molar-refractivity contribution in [1.82, 2.24) is 9.21 Å². The van der Waals surface area contributed by atoms with E-state index in [1.165, 1.54) is 45.6 Å². The van der Waals surface area contributed by atoms with Crippen molar-refractivity contribution in [3.8, 4) is 0 Å². The van der Waals surface area contributed by atoms with Gasteiger partial charge in [-0.25, -0.2) is 12.8 Å². The highest BCUT2D eigenvalue weighted by Crippen LogP contribution is 2.36. The van der Waals surface area contributed by atoms with Crippen LogP contribution in [0.4, 0.5) is 10.1 Å². The van der Waals surface area contributed by atoms with Crippen LogP contribution in [0.1, 0.15) is 9.67 Å². The highest BCUT2D eigenvalue weighted by Gasteiger charge is 2.32. The van der Waals surface area contributed by atoms with E-state index in [2.05, 4.69) is 0 Å². The molecule has 0 saturated carbocycles. The number of hydrogen-bond donors (Lipinski definition) is 0. The molecule has 12 heteroatoms. The Hall–Kier alpha value is -2.60. The fraction of sp³-hybridized carbons (Fsp3) is 0.211. The lowest BCUT2D eigenvalue weighted by atomic mass is 10.2. The van der Waals surface area contributed by atoms with Crippen LogP contribution >= 0.6 is 22.9 Å². The molecule has 4 rings (SSSR count). The molecule has 1 saturated heterocycles. The molecule has 0 aliphatic carbocycles. The van der Waals surface area contributed by atoms with Gasteiger partial charge in [0.2, 0.25) is 10.0 Å². The van der Waals surface area contributed by atoms with Gasteiger partial charge < -0.3 is 4.90 Å². The molecule has 0 unspecified atom stereocenters. The van der Waals surface area contributed by atoms with Crippen LogP contribution in [0.3, 0.4) is 0 Å². The lowest BCUT2D eigenvalue weighted by molar-refractivity contribution is -0.385. The summed E-state index contributed by atoms with van der Waals surface area (Å²) in [6.07, 6.45) is 0. The second-order valence-electron chi connectivity index (χ2n) is 6.84. The highest BCUT2D eigenvalue weighted by atomic mass is 35.5. The highest BCUT2D eigenvalue weighted by molar-refractivity contribution is 7.89. The zero-order valence-corrected chi connectivity index (χ0v) is 18.2. The number of non-ortho nitro benzene ring substituents is 1. The lowest BCUT2D eigenvalue weighted by Gasteiger charge is -2.33. The predicted octanol–water partition coefficient (Wildman–Crippen LogP) is 3.75. The zero-order chi connectivity index (χ0) is 22.3. The van der Waals surface area contributed by atoms with Crippen molar-refractivity contribution < 1.29 is 22.5 Å². The molecule has 1 amide bonds. The first kappa shape index (κ1) is 21.6. The lowest BCUT2D eigenvalue weighted by Crippen LogP contribution is -2.50. The largest absolute Gasteiger partial charge is 0.335 e. The minimum Gasteiger partial charge on any atom is -0.335 e. The van der Waals surface area contributed by atoms with E-state index < -0.39 is 20.8 Å². The first-order chi connectivity index (χ1) is 14.7. The normalized spacial score (nSPS) is 15.4. The van der Waals surface area contributed by atoms with Crippen molar-refractivity contribution in [2.75, 3.05) is 26.2 Å². The molecule has 0 atom stereocenters. The van der Waals surface area contributed by atoms with E-state index in [0.717, 1.165) is 17.4 Å². The first-order valence-electron chi connectivity index (χ1n) is 9.10. The Kier molecular flexibility index (Phi) is 5.69. The molecule has 0 N–H and O–H groups in total. The average Bonchev–Trinajstić information content (AvgIpc) is 3.08. The van der Waals surface area contributed by atoms with Gasteiger partial charge in [-0.15, -0.1) is 11.3 Å². The van der Waals surface area contributed by atoms with Gasteiger partial charge in [-0.05, 0) is 24.3 Å². The number of thiophene rings is 1. The Balaban J connectivity index is 1.51. The number of nitrogens with zero attached hydrogens (tertiary/aromatic N) is 3. The smallest absolute Gasteiger partial charge is 0.270 e. The SMILES string of the molecule is O=C(c1sc2cc(F)ccc2c1Cl)N1CCN(S(=O)(=O)c2cccc([N+](=O)[O-])c2)CC1. The van der Waals surface area contributed by atoms with E-state index in [1.807, 2.05) is 0 Å². The third-order valence-corrected chi connectivity index (χ3v) is 8.52. The maximum atomic E-state index is 13.5. The number of benzene rings is 2. The summed E-state index contributed by atoms with van der Waals surface area (Å²) in [6.45, 7) is 0.333. The number of hydrogen-bond acceptors (Lipinski definition) is 6. The molecule has 1 aliphatic heterocycles. The van der Waals surface area contributed by atoms with E-state index >= 15 is 0 Å². The van der Waals surface area contributed by atoms with Crippen LogP contribution in [0.2, 0.25) is 5.02 Å². The third kappa shape index (κ3) is 4.01. The number of nitro benzene ring substituents is 1. The van der Waals surface area contributed by atoms with Gasteiger partial charge in [0.15, 0.2) is 0 Å². The van der Waals surface area contributed by atoms with Crippen LogP contribution in [0.25, 0.3) is 10.1 Å². The standard InChI is InChI=1S/C19H15ClFN3O5S2/c20-17-15-5-4-12(21)10-16(15)30-18(17)19(25)22-6-8-23(9-7-22)31(28,29)14-3-1-2-13(11-14)24(26)27/h1-5,10-11H,6-9H2. The number of sulfonamides is 1. The Bertz CT molecular complexity index is 1300. The van der Waals surface area contributed by atoms with Crippen molar-refractivity contribution in [2.24, 2.45) is 0 Å². The number of fused-ring (bicyclic) bond motifs is 1. The monoisotopic (exact) mass is 483 g/mol. The van der Waals surface area contributed by atoms with Crippen LogP contribution < -0.4 is 0 Å². The number of halogens is 2. The molecule has 1 aromatic heterocycles. The molecule has 2 aromatic carbocycles. The maximum Gasteiger partial charge on any atom is 0.270 e. The van der Waals surface area contributed by atoms with Gasteiger partial charge in [-0.3, -0.25) is 14.9 Å². The van der Waals surface area contributed by atoms with Gasteiger partial charge in [-0.2, -0.15) is 4.31 Å². The molecule has 8 nitrogen and oxygen atoms in total. The van der Waals surface area contributed by atoms with Crippen LogP contribution in [0.5, 0.6) is 0 Å². The van der Waals surface area contributed by atoms with Gasteiger partial charge in [0.1, 0.15) is 10.7 Å². The summed E-state index contributed by atoms with van der Waals surface area (Å²) in [6, 6.07) is 8.95.